The third-order valence-electron chi connectivity index (χ3n) is 10.7. The van der Waals surface area contributed by atoms with Gasteiger partial charge in [0.1, 0.15) is 42.6 Å². The van der Waals surface area contributed by atoms with Crippen LogP contribution < -0.4 is 14.2 Å². The number of halogens is 2. The van der Waals surface area contributed by atoms with Gasteiger partial charge < -0.3 is 34.4 Å². The van der Waals surface area contributed by atoms with Crippen molar-refractivity contribution in [3.63, 3.8) is 0 Å². The number of carboxylic acid groups (broad SMARTS) is 2. The van der Waals surface area contributed by atoms with E-state index in [-0.39, 0.29) is 26.1 Å². The number of aromatic nitrogens is 1. The highest BCUT2D eigenvalue weighted by Gasteiger charge is 2.39. The first-order valence-corrected chi connectivity index (χ1v) is 19.8. The summed E-state index contributed by atoms with van der Waals surface area (Å²) in [6.45, 7) is 5.43. The van der Waals surface area contributed by atoms with E-state index in [2.05, 4.69) is 16.0 Å². The predicted octanol–water partition coefficient (Wildman–Crippen LogP) is 7.51. The molecule has 57 heavy (non-hydrogen) atoms. The molecule has 14 heteroatoms. The van der Waals surface area contributed by atoms with Crippen LogP contribution in [0.4, 0.5) is 0 Å². The van der Waals surface area contributed by atoms with Crippen molar-refractivity contribution in [3.05, 3.63) is 105 Å². The lowest BCUT2D eigenvalue weighted by molar-refractivity contribution is -0.163. The maximum absolute atomic E-state index is 12.1. The number of ether oxygens (including phenoxy) is 3. The Morgan fingerprint density at radius 3 is 2.42 bits per heavy atom. The highest BCUT2D eigenvalue weighted by Crippen LogP contribution is 2.39. The van der Waals surface area contributed by atoms with Gasteiger partial charge in [-0.2, -0.15) is 5.26 Å². The molecule has 0 unspecified atom stereocenters. The molecule has 6 rings (SSSR count). The van der Waals surface area contributed by atoms with Crippen LogP contribution in [0.3, 0.4) is 0 Å². The van der Waals surface area contributed by atoms with Crippen molar-refractivity contribution in [1.29, 1.82) is 5.26 Å². The molecule has 2 saturated heterocycles. The Labute approximate surface area is 342 Å². The van der Waals surface area contributed by atoms with Gasteiger partial charge in [0.05, 0.1) is 22.2 Å². The second-order valence-corrected chi connectivity index (χ2v) is 15.4. The molecule has 1 aromatic heterocycles. The minimum Gasteiger partial charge on any atom is -0.492 e. The van der Waals surface area contributed by atoms with E-state index in [0.717, 1.165) is 40.7 Å². The van der Waals surface area contributed by atoms with Crippen molar-refractivity contribution in [1.82, 2.24) is 14.8 Å². The Morgan fingerprint density at radius 1 is 0.912 bits per heavy atom. The number of likely N-dealkylation sites (tertiary alicyclic amines) is 2. The predicted molar refractivity (Wildman–Crippen MR) is 215 cm³/mol. The molecule has 12 nitrogen and oxygen atoms in total. The van der Waals surface area contributed by atoms with Crippen molar-refractivity contribution in [2.75, 3.05) is 32.8 Å². The summed E-state index contributed by atoms with van der Waals surface area (Å²) >= 11 is 13.8. The largest absolute Gasteiger partial charge is 0.492 e. The van der Waals surface area contributed by atoms with Crippen LogP contribution in [0.15, 0.2) is 67.0 Å². The van der Waals surface area contributed by atoms with Crippen LogP contribution in [-0.2, 0) is 29.3 Å². The standard InChI is InChI=1S/C43H46Cl2N4O8/c1-28-31(7-4-8-33(28)34-9-5-11-37(40(34)45)55-18-6-14-48-16-12-43(54,13-17-48)42(52)53)27-57-39-21-38(56-26-30-19-29(22-46)23-47-24-30)32(20-35(39)44)25-49-15-3-2-10-36(49)41(50)51/h4-5,7-9,11,19-21,23-24,36,54H,2-3,6,10,12-18,25-27H2,1H3,(H,50,51)(H,52,53)/t36-/m0/s1. The summed E-state index contributed by atoms with van der Waals surface area (Å²) in [6.07, 6.45) is 6.53. The molecule has 1 atom stereocenters. The maximum Gasteiger partial charge on any atom is 0.335 e. The minimum atomic E-state index is -1.64. The van der Waals surface area contributed by atoms with Crippen LogP contribution in [0.25, 0.3) is 11.1 Å². The Hall–Kier alpha value is -4.90. The second-order valence-electron chi connectivity index (χ2n) is 14.6. The van der Waals surface area contributed by atoms with Crippen molar-refractivity contribution in [2.45, 2.75) is 76.9 Å². The van der Waals surface area contributed by atoms with E-state index < -0.39 is 23.6 Å². The first-order valence-electron chi connectivity index (χ1n) is 19.0. The number of piperidine rings is 2. The number of nitriles is 1. The molecule has 2 aliphatic rings. The molecular formula is C43H46Cl2N4O8. The Morgan fingerprint density at radius 2 is 1.67 bits per heavy atom. The van der Waals surface area contributed by atoms with Crippen LogP contribution in [0, 0.1) is 18.3 Å². The van der Waals surface area contributed by atoms with Crippen molar-refractivity contribution in [2.24, 2.45) is 0 Å². The second kappa shape index (κ2) is 19.0. The topological polar surface area (TPSA) is 166 Å². The van der Waals surface area contributed by atoms with Gasteiger partial charge in [-0.25, -0.2) is 4.79 Å². The number of aliphatic hydroxyl groups is 1. The van der Waals surface area contributed by atoms with Gasteiger partial charge in [-0.05, 0) is 80.5 Å². The number of pyridine rings is 1. The molecule has 3 aromatic carbocycles. The molecule has 300 valence electrons. The van der Waals surface area contributed by atoms with Gasteiger partial charge in [0, 0.05) is 61.3 Å². The van der Waals surface area contributed by atoms with E-state index in [4.69, 9.17) is 37.4 Å². The molecule has 0 spiro atoms. The van der Waals surface area contributed by atoms with Crippen LogP contribution in [0.5, 0.6) is 17.2 Å². The van der Waals surface area contributed by atoms with E-state index >= 15 is 0 Å². The lowest BCUT2D eigenvalue weighted by Gasteiger charge is -2.35. The molecule has 0 amide bonds. The summed E-state index contributed by atoms with van der Waals surface area (Å²) in [7, 11) is 0. The quantitative estimate of drug-likeness (QED) is 0.0955. The first-order chi connectivity index (χ1) is 27.5. The molecule has 0 radical (unpaired) electrons. The molecule has 0 saturated carbocycles. The smallest absolute Gasteiger partial charge is 0.335 e. The fraction of sp³-hybridized carbons (Fsp3) is 0.395. The first kappa shape index (κ1) is 41.7. The van der Waals surface area contributed by atoms with Crippen LogP contribution in [0.2, 0.25) is 10.0 Å². The minimum absolute atomic E-state index is 0.127. The lowest BCUT2D eigenvalue weighted by atomic mass is 9.91. The zero-order chi connectivity index (χ0) is 40.5. The third kappa shape index (κ3) is 10.3. The Balaban J connectivity index is 1.14. The third-order valence-corrected chi connectivity index (χ3v) is 11.4. The number of hydrogen-bond donors (Lipinski definition) is 3. The summed E-state index contributed by atoms with van der Waals surface area (Å²) in [5.74, 6) is -0.579. The number of nitrogens with zero attached hydrogens (tertiary/aromatic N) is 4. The van der Waals surface area contributed by atoms with E-state index in [1.54, 1.807) is 24.4 Å². The van der Waals surface area contributed by atoms with Crippen molar-refractivity contribution < 1.29 is 39.1 Å². The molecule has 3 heterocycles. The monoisotopic (exact) mass is 816 g/mol. The number of carbonyl (C=O) groups is 2. The van der Waals surface area contributed by atoms with E-state index in [1.165, 1.54) is 6.20 Å². The van der Waals surface area contributed by atoms with Gasteiger partial charge in [0.15, 0.2) is 5.60 Å². The molecule has 2 aliphatic heterocycles. The van der Waals surface area contributed by atoms with Gasteiger partial charge in [0.2, 0.25) is 0 Å². The van der Waals surface area contributed by atoms with Crippen LogP contribution in [0.1, 0.15) is 66.3 Å². The molecule has 4 aromatic rings. The number of aliphatic carboxylic acids is 2. The highest BCUT2D eigenvalue weighted by atomic mass is 35.5. The fourth-order valence-electron chi connectivity index (χ4n) is 7.36. The van der Waals surface area contributed by atoms with Gasteiger partial charge in [-0.3, -0.25) is 14.7 Å². The zero-order valence-corrected chi connectivity index (χ0v) is 33.3. The number of carboxylic acids is 2. The van der Waals surface area contributed by atoms with Gasteiger partial charge in [0.25, 0.3) is 0 Å². The van der Waals surface area contributed by atoms with Gasteiger partial charge >= 0.3 is 11.9 Å². The molecule has 3 N–H and O–H groups in total. The Kier molecular flexibility index (Phi) is 13.9. The van der Waals surface area contributed by atoms with E-state index in [9.17, 15) is 30.2 Å². The number of benzene rings is 3. The summed E-state index contributed by atoms with van der Waals surface area (Å²) in [5.41, 5.74) is 3.79. The van der Waals surface area contributed by atoms with E-state index in [1.807, 2.05) is 48.2 Å². The molecule has 0 bridgehead atoms. The number of hydrogen-bond acceptors (Lipinski definition) is 10. The van der Waals surface area contributed by atoms with Gasteiger partial charge in [-0.1, -0.05) is 60.0 Å². The number of rotatable bonds is 16. The SMILES string of the molecule is Cc1c(COc2cc(OCc3cncc(C#N)c3)c(CN3CCCC[C@H]3C(=O)O)cc2Cl)cccc1-c1cccc(OCCCN2CCC(O)(C(=O)O)CC2)c1Cl. The van der Waals surface area contributed by atoms with Crippen molar-refractivity contribution in [3.8, 4) is 34.4 Å². The zero-order valence-electron chi connectivity index (χ0n) is 31.8. The van der Waals surface area contributed by atoms with Crippen molar-refractivity contribution >= 4 is 35.1 Å². The molecule has 2 fully saturated rings. The van der Waals surface area contributed by atoms with Crippen LogP contribution in [-0.4, -0.2) is 86.5 Å². The van der Waals surface area contributed by atoms with E-state index in [0.29, 0.717) is 90.6 Å². The maximum atomic E-state index is 12.1. The van der Waals surface area contributed by atoms with Gasteiger partial charge in [-0.15, -0.1) is 0 Å². The summed E-state index contributed by atoms with van der Waals surface area (Å²) < 4.78 is 18.7. The average molecular weight is 818 g/mol. The molecule has 0 aliphatic carbocycles. The fourth-order valence-corrected chi connectivity index (χ4v) is 7.88. The summed E-state index contributed by atoms with van der Waals surface area (Å²) in [4.78, 5) is 31.6. The summed E-state index contributed by atoms with van der Waals surface area (Å²) in [5, 5.41) is 39.6. The summed E-state index contributed by atoms with van der Waals surface area (Å²) in [6, 6.07) is 18.3. The average Bonchev–Trinajstić information content (AvgIpc) is 3.20. The highest BCUT2D eigenvalue weighted by molar-refractivity contribution is 6.35. The van der Waals surface area contributed by atoms with Crippen LogP contribution >= 0.6 is 23.2 Å². The normalized spacial score (nSPS) is 17.1. The Bertz CT molecular complexity index is 2120. The molecular weight excluding hydrogens is 771 g/mol. The lowest BCUT2D eigenvalue weighted by Crippen LogP contribution is -2.49.